The van der Waals surface area contributed by atoms with E-state index >= 15 is 0 Å². The zero-order valence-electron chi connectivity index (χ0n) is 12.6. The first-order valence-electron chi connectivity index (χ1n) is 6.87. The van der Waals surface area contributed by atoms with Crippen LogP contribution in [-0.2, 0) is 20.0 Å². The van der Waals surface area contributed by atoms with Gasteiger partial charge in [-0.3, -0.25) is 9.67 Å². The monoisotopic (exact) mass is 307 g/mol. The molecule has 0 saturated heterocycles. The fourth-order valence-electron chi connectivity index (χ4n) is 1.83. The van der Waals surface area contributed by atoms with Gasteiger partial charge in [-0.25, -0.2) is 9.97 Å². The quantitative estimate of drug-likeness (QED) is 0.470. The van der Waals surface area contributed by atoms with Crippen molar-refractivity contribution in [3.05, 3.63) is 28.2 Å². The fraction of sp³-hybridized carbons (Fsp3) is 0.538. The Balaban J connectivity index is 1.67. The van der Waals surface area contributed by atoms with Gasteiger partial charge in [-0.15, -0.1) is 11.3 Å². The SMILES string of the molecule is CN=C(NCCCc1nc(C)cs1)NCc1ncnn1C. The van der Waals surface area contributed by atoms with Crippen molar-refractivity contribution in [2.45, 2.75) is 26.3 Å². The molecule has 2 heterocycles. The lowest BCUT2D eigenvalue weighted by atomic mass is 10.3. The zero-order valence-corrected chi connectivity index (χ0v) is 13.4. The van der Waals surface area contributed by atoms with Gasteiger partial charge < -0.3 is 10.6 Å². The third kappa shape index (κ3) is 4.82. The lowest BCUT2D eigenvalue weighted by Gasteiger charge is -2.11. The van der Waals surface area contributed by atoms with Crippen LogP contribution in [0, 0.1) is 6.92 Å². The molecule has 0 aliphatic rings. The summed E-state index contributed by atoms with van der Waals surface area (Å²) in [4.78, 5) is 12.8. The second-order valence-corrected chi connectivity index (χ2v) is 5.58. The number of aryl methyl sites for hydroxylation is 3. The predicted octanol–water partition coefficient (Wildman–Crippen LogP) is 0.878. The van der Waals surface area contributed by atoms with Crippen LogP contribution >= 0.6 is 11.3 Å². The van der Waals surface area contributed by atoms with Crippen LogP contribution in [0.25, 0.3) is 0 Å². The summed E-state index contributed by atoms with van der Waals surface area (Å²) in [5, 5.41) is 13.8. The summed E-state index contributed by atoms with van der Waals surface area (Å²) in [5.74, 6) is 1.64. The van der Waals surface area contributed by atoms with Gasteiger partial charge in [-0.05, 0) is 13.3 Å². The molecule has 21 heavy (non-hydrogen) atoms. The molecule has 0 unspecified atom stereocenters. The van der Waals surface area contributed by atoms with Crippen LogP contribution in [0.4, 0.5) is 0 Å². The summed E-state index contributed by atoms with van der Waals surface area (Å²) >= 11 is 1.72. The minimum Gasteiger partial charge on any atom is -0.356 e. The molecule has 0 fully saturated rings. The number of thiazole rings is 1. The van der Waals surface area contributed by atoms with Gasteiger partial charge in [0.2, 0.25) is 0 Å². The van der Waals surface area contributed by atoms with E-state index in [2.05, 4.69) is 36.1 Å². The smallest absolute Gasteiger partial charge is 0.191 e. The van der Waals surface area contributed by atoms with Gasteiger partial charge in [0, 0.05) is 38.1 Å². The summed E-state index contributed by atoms with van der Waals surface area (Å²) in [5.41, 5.74) is 1.10. The Bertz CT molecular complexity index is 587. The molecule has 0 atom stereocenters. The molecule has 114 valence electrons. The largest absolute Gasteiger partial charge is 0.356 e. The van der Waals surface area contributed by atoms with E-state index in [-0.39, 0.29) is 0 Å². The van der Waals surface area contributed by atoms with Gasteiger partial charge in [0.1, 0.15) is 12.2 Å². The highest BCUT2D eigenvalue weighted by molar-refractivity contribution is 7.09. The van der Waals surface area contributed by atoms with E-state index in [0.717, 1.165) is 36.9 Å². The Kier molecular flexibility index (Phi) is 5.68. The van der Waals surface area contributed by atoms with E-state index < -0.39 is 0 Å². The molecule has 8 heteroatoms. The Morgan fingerprint density at radius 3 is 2.90 bits per heavy atom. The Labute approximate surface area is 128 Å². The molecule has 7 nitrogen and oxygen atoms in total. The van der Waals surface area contributed by atoms with Gasteiger partial charge in [-0.1, -0.05) is 0 Å². The number of aliphatic imine (C=N–C) groups is 1. The van der Waals surface area contributed by atoms with Gasteiger partial charge in [0.05, 0.1) is 11.6 Å². The minimum absolute atomic E-state index is 0.599. The van der Waals surface area contributed by atoms with Crippen LogP contribution in [0.3, 0.4) is 0 Å². The normalized spacial score (nSPS) is 11.7. The lowest BCUT2D eigenvalue weighted by Crippen LogP contribution is -2.38. The van der Waals surface area contributed by atoms with Crippen molar-refractivity contribution < 1.29 is 0 Å². The van der Waals surface area contributed by atoms with Gasteiger partial charge in [0.15, 0.2) is 5.96 Å². The summed E-state index contributed by atoms with van der Waals surface area (Å²) in [7, 11) is 3.63. The van der Waals surface area contributed by atoms with Crippen LogP contribution in [0.15, 0.2) is 16.7 Å². The molecule has 0 aliphatic heterocycles. The number of hydrogen-bond donors (Lipinski definition) is 2. The molecular formula is C13H21N7S. The Morgan fingerprint density at radius 1 is 1.43 bits per heavy atom. The maximum Gasteiger partial charge on any atom is 0.191 e. The van der Waals surface area contributed by atoms with Crippen molar-refractivity contribution in [1.82, 2.24) is 30.4 Å². The fourth-order valence-corrected chi connectivity index (χ4v) is 2.65. The third-order valence-electron chi connectivity index (χ3n) is 2.97. The number of nitrogens with one attached hydrogen (secondary N) is 2. The molecule has 0 amide bonds. The third-order valence-corrected chi connectivity index (χ3v) is 4.00. The average molecular weight is 307 g/mol. The molecule has 0 radical (unpaired) electrons. The number of guanidine groups is 1. The highest BCUT2D eigenvalue weighted by Crippen LogP contribution is 2.10. The second-order valence-electron chi connectivity index (χ2n) is 4.64. The second kappa shape index (κ2) is 7.72. The highest BCUT2D eigenvalue weighted by atomic mass is 32.1. The van der Waals surface area contributed by atoms with E-state index in [9.17, 15) is 0 Å². The molecule has 2 rings (SSSR count). The molecular weight excluding hydrogens is 286 g/mol. The van der Waals surface area contributed by atoms with Crippen LogP contribution in [0.1, 0.15) is 22.9 Å². The number of nitrogens with zero attached hydrogens (tertiary/aromatic N) is 5. The molecule has 0 aromatic carbocycles. The summed E-state index contributed by atoms with van der Waals surface area (Å²) in [6.45, 7) is 3.48. The molecule has 2 aromatic rings. The molecule has 2 aromatic heterocycles. The van der Waals surface area contributed by atoms with Gasteiger partial charge in [-0.2, -0.15) is 5.10 Å². The van der Waals surface area contributed by atoms with Crippen molar-refractivity contribution >= 4 is 17.3 Å². The molecule has 2 N–H and O–H groups in total. The number of hydrogen-bond acceptors (Lipinski definition) is 5. The Morgan fingerprint density at radius 2 is 2.29 bits per heavy atom. The summed E-state index contributed by atoms with van der Waals surface area (Å²) in [6, 6.07) is 0. The van der Waals surface area contributed by atoms with Crippen molar-refractivity contribution in [1.29, 1.82) is 0 Å². The van der Waals surface area contributed by atoms with E-state index in [0.29, 0.717) is 6.54 Å². The first-order chi connectivity index (χ1) is 10.2. The summed E-state index contributed by atoms with van der Waals surface area (Å²) in [6.07, 6.45) is 3.56. The molecule has 0 bridgehead atoms. The van der Waals surface area contributed by atoms with Crippen molar-refractivity contribution in [3.63, 3.8) is 0 Å². The van der Waals surface area contributed by atoms with Crippen molar-refractivity contribution in [3.8, 4) is 0 Å². The zero-order chi connectivity index (χ0) is 15.1. The molecule has 0 aliphatic carbocycles. The van der Waals surface area contributed by atoms with Gasteiger partial charge >= 0.3 is 0 Å². The maximum absolute atomic E-state index is 4.45. The topological polar surface area (TPSA) is 80.0 Å². The van der Waals surface area contributed by atoms with E-state index in [1.807, 2.05) is 14.0 Å². The van der Waals surface area contributed by atoms with Crippen molar-refractivity contribution in [2.24, 2.45) is 12.0 Å². The Hall–Kier alpha value is -1.96. The number of aromatic nitrogens is 4. The van der Waals surface area contributed by atoms with E-state index in [1.165, 1.54) is 5.01 Å². The van der Waals surface area contributed by atoms with E-state index in [4.69, 9.17) is 0 Å². The first-order valence-corrected chi connectivity index (χ1v) is 7.75. The van der Waals surface area contributed by atoms with Crippen molar-refractivity contribution in [2.75, 3.05) is 13.6 Å². The van der Waals surface area contributed by atoms with Crippen LogP contribution in [0.5, 0.6) is 0 Å². The summed E-state index contributed by atoms with van der Waals surface area (Å²) < 4.78 is 1.74. The first kappa shape index (κ1) is 15.4. The standard InChI is InChI=1S/C13H21N7S/c1-10-8-21-12(19-10)5-4-6-15-13(14-2)16-7-11-17-9-18-20(11)3/h8-9H,4-7H2,1-3H3,(H2,14,15,16). The predicted molar refractivity (Wildman–Crippen MR) is 84.4 cm³/mol. The van der Waals surface area contributed by atoms with Crippen LogP contribution < -0.4 is 10.6 Å². The minimum atomic E-state index is 0.599. The maximum atomic E-state index is 4.45. The van der Waals surface area contributed by atoms with Gasteiger partial charge in [0.25, 0.3) is 0 Å². The van der Waals surface area contributed by atoms with Crippen LogP contribution in [-0.4, -0.2) is 39.3 Å². The van der Waals surface area contributed by atoms with Crippen LogP contribution in [0.2, 0.25) is 0 Å². The van der Waals surface area contributed by atoms with E-state index in [1.54, 1.807) is 29.4 Å². The average Bonchev–Trinajstić information content (AvgIpc) is 3.07. The molecule has 0 spiro atoms. The molecule has 0 saturated carbocycles. The number of rotatable bonds is 6. The highest BCUT2D eigenvalue weighted by Gasteiger charge is 2.03. The lowest BCUT2D eigenvalue weighted by molar-refractivity contribution is 0.668.